The van der Waals surface area contributed by atoms with Gasteiger partial charge in [0.25, 0.3) is 0 Å². The predicted molar refractivity (Wildman–Crippen MR) is 40.7 cm³/mol. The van der Waals surface area contributed by atoms with Gasteiger partial charge in [0.15, 0.2) is 0 Å². The Hall–Kier alpha value is 0.370. The third-order valence-electron chi connectivity index (χ3n) is 0.485. The molecular weight excluding hydrogens is 126 g/mol. The Labute approximate surface area is 54.0 Å². The Kier molecular flexibility index (Phi) is 6.71. The van der Waals surface area contributed by atoms with Crippen LogP contribution in [-0.2, 0) is 0 Å². The lowest BCUT2D eigenvalue weighted by Gasteiger charge is -1.88. The van der Waals surface area contributed by atoms with Crippen LogP contribution in [0.3, 0.4) is 0 Å². The molecule has 0 aliphatic heterocycles. The summed E-state index contributed by atoms with van der Waals surface area (Å²) in [5.41, 5.74) is 0. The van der Waals surface area contributed by atoms with Gasteiger partial charge in [-0.25, -0.2) is 0 Å². The van der Waals surface area contributed by atoms with Crippen LogP contribution in [0.25, 0.3) is 0 Å². The van der Waals surface area contributed by atoms with Crippen LogP contribution in [0.15, 0.2) is 4.99 Å². The van der Waals surface area contributed by atoms with Gasteiger partial charge in [0.05, 0.1) is 0 Å². The van der Waals surface area contributed by atoms with Crippen LogP contribution in [-0.4, -0.2) is 24.1 Å². The molecule has 0 fully saturated rings. The second-order valence-electron chi connectivity index (χ2n) is 0.985. The van der Waals surface area contributed by atoms with Gasteiger partial charge in [0.2, 0.25) is 0 Å². The Bertz CT molecular complexity index is 47.0. The van der Waals surface area contributed by atoms with Gasteiger partial charge >= 0.3 is 0 Å². The van der Waals surface area contributed by atoms with E-state index >= 15 is 0 Å². The van der Waals surface area contributed by atoms with Crippen molar-refractivity contribution in [1.29, 1.82) is 0 Å². The van der Waals surface area contributed by atoms with Crippen LogP contribution < -0.4 is 0 Å². The standard InChI is InChI=1S/C4H9NS2/c1-5-2-3-7-4-6/h6H,1-4H2. The molecule has 3 heteroatoms. The molecule has 0 aromatic carbocycles. The largest absolute Gasteiger partial charge is 0.300 e. The van der Waals surface area contributed by atoms with Crippen LogP contribution in [0.5, 0.6) is 0 Å². The zero-order chi connectivity index (χ0) is 5.54. The van der Waals surface area contributed by atoms with Gasteiger partial charge in [-0.15, -0.1) is 11.8 Å². The molecule has 0 aliphatic carbocycles. The molecule has 0 saturated heterocycles. The van der Waals surface area contributed by atoms with Crippen molar-refractivity contribution in [2.75, 3.05) is 17.4 Å². The summed E-state index contributed by atoms with van der Waals surface area (Å²) in [6, 6.07) is 0. The maximum Gasteiger partial charge on any atom is 0.0473 e. The first-order chi connectivity index (χ1) is 3.41. The molecule has 0 saturated carbocycles. The van der Waals surface area contributed by atoms with Crippen molar-refractivity contribution in [3.8, 4) is 0 Å². The predicted octanol–water partition coefficient (Wildman–Crippen LogP) is 1.31. The van der Waals surface area contributed by atoms with E-state index in [0.717, 1.165) is 17.4 Å². The first-order valence-electron chi connectivity index (χ1n) is 2.03. The van der Waals surface area contributed by atoms with E-state index in [-0.39, 0.29) is 0 Å². The number of rotatable bonds is 4. The van der Waals surface area contributed by atoms with E-state index in [0.29, 0.717) is 0 Å². The smallest absolute Gasteiger partial charge is 0.0473 e. The second-order valence-corrected chi connectivity index (χ2v) is 2.83. The zero-order valence-corrected chi connectivity index (χ0v) is 5.84. The molecule has 0 unspecified atom stereocenters. The maximum absolute atomic E-state index is 3.99. The van der Waals surface area contributed by atoms with Gasteiger partial charge in [0, 0.05) is 17.4 Å². The monoisotopic (exact) mass is 135 g/mol. The topological polar surface area (TPSA) is 12.4 Å². The molecule has 0 rings (SSSR count). The lowest BCUT2D eigenvalue weighted by atomic mass is 10.8. The number of thiol groups is 1. The number of aliphatic imine (C=N–C) groups is 1. The molecule has 42 valence electrons. The minimum absolute atomic E-state index is 0.852. The number of hydrogen-bond donors (Lipinski definition) is 1. The summed E-state index contributed by atoms with van der Waals surface area (Å²) < 4.78 is 0. The molecule has 0 radical (unpaired) electrons. The fourth-order valence-electron chi connectivity index (χ4n) is 0.194. The van der Waals surface area contributed by atoms with Crippen molar-refractivity contribution in [3.63, 3.8) is 0 Å². The molecule has 1 nitrogen and oxygen atoms in total. The Morgan fingerprint density at radius 2 is 2.43 bits per heavy atom. The van der Waals surface area contributed by atoms with E-state index in [9.17, 15) is 0 Å². The van der Waals surface area contributed by atoms with Crippen molar-refractivity contribution >= 4 is 31.1 Å². The highest BCUT2D eigenvalue weighted by Gasteiger charge is 1.78. The summed E-state index contributed by atoms with van der Waals surface area (Å²) in [7, 11) is 0. The van der Waals surface area contributed by atoms with Gasteiger partial charge in [-0.05, 0) is 6.72 Å². The Morgan fingerprint density at radius 3 is 2.86 bits per heavy atom. The highest BCUT2D eigenvalue weighted by Crippen LogP contribution is 1.99. The van der Waals surface area contributed by atoms with Crippen LogP contribution in [0.2, 0.25) is 0 Å². The second kappa shape index (κ2) is 6.37. The molecule has 7 heavy (non-hydrogen) atoms. The fourth-order valence-corrected chi connectivity index (χ4v) is 0.968. The van der Waals surface area contributed by atoms with Gasteiger partial charge in [0.1, 0.15) is 0 Å². The van der Waals surface area contributed by atoms with Crippen molar-refractivity contribution in [2.24, 2.45) is 4.99 Å². The summed E-state index contributed by atoms with van der Waals surface area (Å²) in [5.74, 6) is 1.05. The number of thioether (sulfide) groups is 1. The lowest BCUT2D eigenvalue weighted by molar-refractivity contribution is 1.16. The number of hydrogen-bond acceptors (Lipinski definition) is 3. The number of nitrogens with zero attached hydrogens (tertiary/aromatic N) is 1. The molecule has 0 spiro atoms. The lowest BCUT2D eigenvalue weighted by Crippen LogP contribution is -1.81. The highest BCUT2D eigenvalue weighted by molar-refractivity contribution is 8.09. The molecule has 0 atom stereocenters. The third kappa shape index (κ3) is 6.37. The molecule has 0 heterocycles. The summed E-state index contributed by atoms with van der Waals surface area (Å²) in [6.07, 6.45) is 0. The van der Waals surface area contributed by atoms with Gasteiger partial charge < -0.3 is 4.99 Å². The summed E-state index contributed by atoms with van der Waals surface area (Å²) >= 11 is 5.76. The molecule has 0 amide bonds. The Balaban J connectivity index is 2.56. The fraction of sp³-hybridized carbons (Fsp3) is 0.750. The maximum atomic E-state index is 3.99. The Morgan fingerprint density at radius 1 is 1.71 bits per heavy atom. The molecule has 0 aromatic heterocycles. The van der Waals surface area contributed by atoms with Gasteiger partial charge in [-0.1, -0.05) is 0 Å². The molecule has 0 aromatic rings. The van der Waals surface area contributed by atoms with Gasteiger partial charge in [-0.2, -0.15) is 12.6 Å². The normalized spacial score (nSPS) is 8.71. The van der Waals surface area contributed by atoms with Crippen molar-refractivity contribution in [2.45, 2.75) is 0 Å². The van der Waals surface area contributed by atoms with Crippen molar-refractivity contribution in [1.82, 2.24) is 0 Å². The van der Waals surface area contributed by atoms with Crippen molar-refractivity contribution in [3.05, 3.63) is 0 Å². The van der Waals surface area contributed by atoms with Gasteiger partial charge in [-0.3, -0.25) is 0 Å². The first-order valence-corrected chi connectivity index (χ1v) is 3.81. The van der Waals surface area contributed by atoms with Crippen LogP contribution >= 0.6 is 24.4 Å². The minimum atomic E-state index is 0.852. The van der Waals surface area contributed by atoms with E-state index < -0.39 is 0 Å². The summed E-state index contributed by atoms with van der Waals surface area (Å²) in [6.45, 7) is 4.20. The van der Waals surface area contributed by atoms with E-state index in [4.69, 9.17) is 0 Å². The van der Waals surface area contributed by atoms with E-state index in [1.165, 1.54) is 0 Å². The van der Waals surface area contributed by atoms with E-state index in [2.05, 4.69) is 24.3 Å². The molecule has 0 bridgehead atoms. The SMILES string of the molecule is C=NCCSCS. The average molecular weight is 135 g/mol. The van der Waals surface area contributed by atoms with Crippen LogP contribution in [0.4, 0.5) is 0 Å². The highest BCUT2D eigenvalue weighted by atomic mass is 32.2. The molecule has 0 aliphatic rings. The summed E-state index contributed by atoms with van der Waals surface area (Å²) in [4.78, 5) is 3.67. The van der Waals surface area contributed by atoms with Crippen LogP contribution in [0.1, 0.15) is 0 Å². The first kappa shape index (κ1) is 7.37. The van der Waals surface area contributed by atoms with Crippen molar-refractivity contribution < 1.29 is 0 Å². The summed E-state index contributed by atoms with van der Waals surface area (Å²) in [5, 5.41) is 0.884. The third-order valence-corrected chi connectivity index (χ3v) is 1.69. The van der Waals surface area contributed by atoms with E-state index in [1.54, 1.807) is 11.8 Å². The quantitative estimate of drug-likeness (QED) is 0.265. The molecular formula is C4H9NS2. The average Bonchev–Trinajstić information content (AvgIpc) is 1.69. The minimum Gasteiger partial charge on any atom is -0.300 e. The van der Waals surface area contributed by atoms with Crippen LogP contribution in [0, 0.1) is 0 Å². The van der Waals surface area contributed by atoms with E-state index in [1.807, 2.05) is 0 Å². The molecule has 0 N–H and O–H groups in total. The zero-order valence-electron chi connectivity index (χ0n) is 4.13.